The van der Waals surface area contributed by atoms with E-state index in [-0.39, 0.29) is 0 Å². The maximum absolute atomic E-state index is 5.46. The van der Waals surface area contributed by atoms with Gasteiger partial charge < -0.3 is 9.26 Å². The molecule has 1 fully saturated rings. The van der Waals surface area contributed by atoms with Gasteiger partial charge in [0.25, 0.3) is 0 Å². The highest BCUT2D eigenvalue weighted by Crippen LogP contribution is 2.20. The minimum atomic E-state index is 0.627. The lowest BCUT2D eigenvalue weighted by atomic mass is 10.1. The Balaban J connectivity index is 1.48. The first-order valence-electron chi connectivity index (χ1n) is 9.74. The molecule has 1 aromatic carbocycles. The molecule has 27 heavy (non-hydrogen) atoms. The van der Waals surface area contributed by atoms with Gasteiger partial charge in [-0.25, -0.2) is 0 Å². The van der Waals surface area contributed by atoms with Gasteiger partial charge in [0.1, 0.15) is 5.75 Å². The Labute approximate surface area is 161 Å². The van der Waals surface area contributed by atoms with Crippen LogP contribution in [0.3, 0.4) is 0 Å². The molecule has 1 saturated heterocycles. The number of rotatable bonds is 9. The summed E-state index contributed by atoms with van der Waals surface area (Å²) in [4.78, 5) is 9.52. The summed E-state index contributed by atoms with van der Waals surface area (Å²) in [6.07, 6.45) is 5.58. The zero-order valence-electron chi connectivity index (χ0n) is 16.4. The largest absolute Gasteiger partial charge is 0.497 e. The topological polar surface area (TPSA) is 54.6 Å². The molecule has 6 heteroatoms. The first-order chi connectivity index (χ1) is 13.2. The zero-order valence-corrected chi connectivity index (χ0v) is 16.4. The quantitative estimate of drug-likeness (QED) is 0.496. The number of aromatic nitrogens is 2. The fourth-order valence-corrected chi connectivity index (χ4v) is 3.47. The molecule has 2 aromatic rings. The van der Waals surface area contributed by atoms with E-state index in [1.165, 1.54) is 12.8 Å². The third kappa shape index (κ3) is 5.40. The van der Waals surface area contributed by atoms with Gasteiger partial charge in [0.05, 0.1) is 13.7 Å². The van der Waals surface area contributed by atoms with Gasteiger partial charge in [-0.2, -0.15) is 4.98 Å². The minimum absolute atomic E-state index is 0.627. The molecule has 0 radical (unpaired) electrons. The Morgan fingerprint density at radius 3 is 2.63 bits per heavy atom. The van der Waals surface area contributed by atoms with Crippen molar-refractivity contribution >= 4 is 0 Å². The van der Waals surface area contributed by atoms with Crippen molar-refractivity contribution in [1.29, 1.82) is 0 Å². The van der Waals surface area contributed by atoms with Crippen molar-refractivity contribution in [2.75, 3.05) is 33.3 Å². The lowest BCUT2D eigenvalue weighted by Gasteiger charge is -2.37. The molecule has 6 nitrogen and oxygen atoms in total. The molecule has 0 aliphatic carbocycles. The second kappa shape index (κ2) is 9.67. The van der Waals surface area contributed by atoms with E-state index in [0.717, 1.165) is 43.9 Å². The molecule has 1 aliphatic rings. The number of benzene rings is 1. The van der Waals surface area contributed by atoms with Gasteiger partial charge >= 0.3 is 0 Å². The minimum Gasteiger partial charge on any atom is -0.497 e. The van der Waals surface area contributed by atoms with Gasteiger partial charge in [0, 0.05) is 37.8 Å². The number of unbranched alkanes of at least 4 members (excludes halogenated alkanes) is 1. The van der Waals surface area contributed by atoms with Crippen LogP contribution >= 0.6 is 0 Å². The first kappa shape index (κ1) is 19.6. The van der Waals surface area contributed by atoms with E-state index in [2.05, 4.69) is 33.4 Å². The van der Waals surface area contributed by atoms with Crippen LogP contribution in [0.5, 0.6) is 5.75 Å². The summed E-state index contributed by atoms with van der Waals surface area (Å²) in [6, 6.07) is 8.33. The van der Waals surface area contributed by atoms with Crippen LogP contribution in [0, 0.1) is 0 Å². The molecule has 0 spiro atoms. The van der Waals surface area contributed by atoms with Crippen LogP contribution in [-0.2, 0) is 6.54 Å². The standard InChI is InChI=1S/C21H30N4O2/c1-4-5-6-7-17(2)25-14-12-24(13-15-25)16-20-22-21(23-27-20)18-8-10-19(26-3)11-9-18/h4,8-11,17H,1,5-7,12-16H2,2-3H3/t17-/m0/s1. The van der Waals surface area contributed by atoms with Gasteiger partial charge in [-0.3, -0.25) is 9.80 Å². The van der Waals surface area contributed by atoms with Crippen LogP contribution < -0.4 is 4.74 Å². The Kier molecular flexibility index (Phi) is 7.01. The first-order valence-corrected chi connectivity index (χ1v) is 9.74. The van der Waals surface area contributed by atoms with Crippen LogP contribution in [0.4, 0.5) is 0 Å². The average molecular weight is 370 g/mol. The monoisotopic (exact) mass is 370 g/mol. The SMILES string of the molecule is C=CCCC[C@H](C)N1CCN(Cc2nc(-c3ccc(OC)cc3)no2)CC1. The number of hydrogen-bond acceptors (Lipinski definition) is 6. The van der Waals surface area contributed by atoms with E-state index in [4.69, 9.17) is 9.26 Å². The van der Waals surface area contributed by atoms with Crippen molar-refractivity contribution in [2.45, 2.75) is 38.8 Å². The predicted octanol–water partition coefficient (Wildman–Crippen LogP) is 3.61. The normalized spacial score (nSPS) is 17.0. The number of allylic oxidation sites excluding steroid dienone is 1. The molecular formula is C21H30N4O2. The van der Waals surface area contributed by atoms with Crippen molar-refractivity contribution in [3.8, 4) is 17.1 Å². The van der Waals surface area contributed by atoms with Gasteiger partial charge in [-0.05, 0) is 50.5 Å². The van der Waals surface area contributed by atoms with Crippen molar-refractivity contribution in [3.05, 3.63) is 42.8 Å². The third-order valence-electron chi connectivity index (χ3n) is 5.24. The highest BCUT2D eigenvalue weighted by atomic mass is 16.5. The average Bonchev–Trinajstić information content (AvgIpc) is 3.17. The van der Waals surface area contributed by atoms with Crippen molar-refractivity contribution in [1.82, 2.24) is 19.9 Å². The van der Waals surface area contributed by atoms with Gasteiger partial charge in [0.15, 0.2) is 0 Å². The Hall–Kier alpha value is -2.18. The summed E-state index contributed by atoms with van der Waals surface area (Å²) in [5.74, 6) is 2.12. The van der Waals surface area contributed by atoms with Crippen molar-refractivity contribution in [3.63, 3.8) is 0 Å². The maximum Gasteiger partial charge on any atom is 0.241 e. The summed E-state index contributed by atoms with van der Waals surface area (Å²) in [7, 11) is 1.66. The maximum atomic E-state index is 5.46. The van der Waals surface area contributed by atoms with Crippen LogP contribution in [-0.4, -0.2) is 59.3 Å². The third-order valence-corrected chi connectivity index (χ3v) is 5.24. The molecule has 3 rings (SSSR count). The van der Waals surface area contributed by atoms with Crippen LogP contribution in [0.1, 0.15) is 32.1 Å². The molecular weight excluding hydrogens is 340 g/mol. The summed E-state index contributed by atoms with van der Waals surface area (Å²) in [6.45, 7) is 11.1. The Morgan fingerprint density at radius 2 is 1.96 bits per heavy atom. The molecule has 0 N–H and O–H groups in total. The molecule has 0 saturated carbocycles. The second-order valence-electron chi connectivity index (χ2n) is 7.12. The Morgan fingerprint density at radius 1 is 1.22 bits per heavy atom. The van der Waals surface area contributed by atoms with E-state index in [0.29, 0.717) is 24.3 Å². The Bertz CT molecular complexity index is 705. The van der Waals surface area contributed by atoms with Crippen LogP contribution in [0.25, 0.3) is 11.4 Å². The number of methoxy groups -OCH3 is 1. The summed E-state index contributed by atoms with van der Waals surface area (Å²) in [5, 5.41) is 4.12. The molecule has 1 aromatic heterocycles. The smallest absolute Gasteiger partial charge is 0.241 e. The predicted molar refractivity (Wildman–Crippen MR) is 107 cm³/mol. The fraction of sp³-hybridized carbons (Fsp3) is 0.524. The summed E-state index contributed by atoms with van der Waals surface area (Å²) < 4.78 is 10.6. The second-order valence-corrected chi connectivity index (χ2v) is 7.12. The number of nitrogens with zero attached hydrogens (tertiary/aromatic N) is 4. The molecule has 146 valence electrons. The number of ether oxygens (including phenoxy) is 1. The lowest BCUT2D eigenvalue weighted by molar-refractivity contribution is 0.0870. The number of hydrogen-bond donors (Lipinski definition) is 0. The highest BCUT2D eigenvalue weighted by Gasteiger charge is 2.22. The van der Waals surface area contributed by atoms with Crippen LogP contribution in [0.2, 0.25) is 0 Å². The lowest BCUT2D eigenvalue weighted by Crippen LogP contribution is -2.49. The van der Waals surface area contributed by atoms with E-state index in [9.17, 15) is 0 Å². The zero-order chi connectivity index (χ0) is 19.1. The summed E-state index contributed by atoms with van der Waals surface area (Å²) in [5.41, 5.74) is 0.934. The molecule has 0 bridgehead atoms. The van der Waals surface area contributed by atoms with Crippen LogP contribution in [0.15, 0.2) is 41.4 Å². The van der Waals surface area contributed by atoms with E-state index >= 15 is 0 Å². The molecule has 1 aliphatic heterocycles. The highest BCUT2D eigenvalue weighted by molar-refractivity contribution is 5.55. The molecule has 1 atom stereocenters. The molecule has 0 unspecified atom stereocenters. The van der Waals surface area contributed by atoms with Crippen molar-refractivity contribution < 1.29 is 9.26 Å². The van der Waals surface area contributed by atoms with E-state index in [1.807, 2.05) is 30.3 Å². The number of piperazine rings is 1. The van der Waals surface area contributed by atoms with E-state index in [1.54, 1.807) is 7.11 Å². The van der Waals surface area contributed by atoms with E-state index < -0.39 is 0 Å². The van der Waals surface area contributed by atoms with Crippen molar-refractivity contribution in [2.24, 2.45) is 0 Å². The molecule has 0 amide bonds. The van der Waals surface area contributed by atoms with Gasteiger partial charge in [-0.15, -0.1) is 6.58 Å². The fourth-order valence-electron chi connectivity index (χ4n) is 3.47. The summed E-state index contributed by atoms with van der Waals surface area (Å²) >= 11 is 0. The van der Waals surface area contributed by atoms with Gasteiger partial charge in [0.2, 0.25) is 11.7 Å². The molecule has 2 heterocycles. The van der Waals surface area contributed by atoms with Gasteiger partial charge in [-0.1, -0.05) is 11.2 Å².